The minimum absolute atomic E-state index is 0.0331. The summed E-state index contributed by atoms with van der Waals surface area (Å²) in [5, 5.41) is 23.9. The Morgan fingerprint density at radius 1 is 0.967 bits per heavy atom. The fourth-order valence-corrected chi connectivity index (χ4v) is 17.2. The topological polar surface area (TPSA) is 133 Å². The lowest BCUT2D eigenvalue weighted by molar-refractivity contribution is -0.257. The third-order valence-corrected chi connectivity index (χ3v) is 21.1. The van der Waals surface area contributed by atoms with Crippen LogP contribution in [0.2, 0.25) is 0 Å². The molecule has 1 saturated heterocycles. The lowest BCUT2D eigenvalue weighted by Crippen LogP contribution is -2.71. The fourth-order valence-electron chi connectivity index (χ4n) is 15.9. The SMILES string of the molecule is C=C(C)[C@@H]1CC[C@]2(NCCN3CCS(=O)(=O)CC3)CC[C@@]3(C)[C@]4(C)CCC5C(C)(C)C(C6=CCC(COc7ccc(C#N)cn7)(C(=O)O)CC6)=CC[C@]5(C)[C@H]4CC[C@]3(C)[C@@H]12. The number of aromatic nitrogens is 1. The number of pyridine rings is 1. The summed E-state index contributed by atoms with van der Waals surface area (Å²) >= 11 is 0. The summed E-state index contributed by atoms with van der Waals surface area (Å²) in [6.45, 7) is 25.8. The second kappa shape index (κ2) is 15.1. The molecule has 6 aliphatic carbocycles. The molecule has 0 bridgehead atoms. The summed E-state index contributed by atoms with van der Waals surface area (Å²) in [4.78, 5) is 19.3. The maximum Gasteiger partial charge on any atom is 0.313 e. The number of rotatable bonds is 10. The Kier molecular flexibility index (Phi) is 11.0. The largest absolute Gasteiger partial charge is 0.481 e. The van der Waals surface area contributed by atoms with Crippen molar-refractivity contribution in [1.82, 2.24) is 15.2 Å². The second-order valence-electron chi connectivity index (χ2n) is 22.2. The quantitative estimate of drug-likeness (QED) is 0.222. The Bertz CT molecular complexity index is 2090. The Balaban J connectivity index is 1.02. The first-order valence-electron chi connectivity index (χ1n) is 23.1. The van der Waals surface area contributed by atoms with Gasteiger partial charge in [-0.2, -0.15) is 5.26 Å². The van der Waals surface area contributed by atoms with Gasteiger partial charge in [0.1, 0.15) is 18.1 Å². The van der Waals surface area contributed by atoms with Crippen LogP contribution in [0.3, 0.4) is 0 Å². The van der Waals surface area contributed by atoms with Gasteiger partial charge in [0.05, 0.1) is 17.1 Å². The van der Waals surface area contributed by atoms with Gasteiger partial charge < -0.3 is 20.1 Å². The summed E-state index contributed by atoms with van der Waals surface area (Å²) < 4.78 is 30.2. The van der Waals surface area contributed by atoms with Gasteiger partial charge in [-0.25, -0.2) is 13.4 Å². The zero-order chi connectivity index (χ0) is 43.1. The molecule has 9 nitrogen and oxygen atoms in total. The Morgan fingerprint density at radius 3 is 2.32 bits per heavy atom. The molecule has 8 rings (SSSR count). The van der Waals surface area contributed by atoms with Crippen molar-refractivity contribution < 1.29 is 23.1 Å². The molecule has 0 radical (unpaired) electrons. The van der Waals surface area contributed by atoms with Crippen molar-refractivity contribution >= 4 is 15.8 Å². The first kappa shape index (κ1) is 43.6. The molecule has 0 amide bonds. The van der Waals surface area contributed by atoms with Crippen molar-refractivity contribution in [2.75, 3.05) is 44.3 Å². The van der Waals surface area contributed by atoms with Crippen LogP contribution < -0.4 is 10.1 Å². The molecule has 5 fully saturated rings. The first-order valence-corrected chi connectivity index (χ1v) is 25.0. The highest BCUT2D eigenvalue weighted by Crippen LogP contribution is 2.80. The molecule has 2 unspecified atom stereocenters. The first-order chi connectivity index (χ1) is 28.2. The van der Waals surface area contributed by atoms with Crippen LogP contribution in [0, 0.1) is 67.5 Å². The third-order valence-electron chi connectivity index (χ3n) is 19.5. The monoisotopic (exact) mass is 841 g/mol. The summed E-state index contributed by atoms with van der Waals surface area (Å²) in [7, 11) is -2.89. The van der Waals surface area contributed by atoms with Crippen LogP contribution in [0.4, 0.5) is 0 Å². The molecule has 4 saturated carbocycles. The van der Waals surface area contributed by atoms with Crippen molar-refractivity contribution in [3.05, 3.63) is 59.3 Å². The number of hydrogen-bond acceptors (Lipinski definition) is 8. The van der Waals surface area contributed by atoms with Gasteiger partial charge >= 0.3 is 5.97 Å². The van der Waals surface area contributed by atoms with Gasteiger partial charge in [0.25, 0.3) is 0 Å². The van der Waals surface area contributed by atoms with Gasteiger partial charge in [-0.05, 0) is 152 Å². The van der Waals surface area contributed by atoms with Gasteiger partial charge in [0, 0.05) is 44.0 Å². The molecule has 0 spiro atoms. The molecule has 1 aromatic rings. The fraction of sp³-hybridized carbons (Fsp3) is 0.740. The second-order valence-corrected chi connectivity index (χ2v) is 24.6. The number of fused-ring (bicyclic) bond motifs is 7. The number of hydrogen-bond donors (Lipinski definition) is 2. The number of nitrogens with one attached hydrogen (secondary N) is 1. The molecule has 1 aromatic heterocycles. The van der Waals surface area contributed by atoms with E-state index in [2.05, 4.69) is 88.5 Å². The van der Waals surface area contributed by atoms with E-state index in [9.17, 15) is 18.3 Å². The van der Waals surface area contributed by atoms with Crippen molar-refractivity contribution in [1.29, 1.82) is 5.26 Å². The predicted octanol–water partition coefficient (Wildman–Crippen LogP) is 9.17. The van der Waals surface area contributed by atoms with E-state index in [0.717, 1.165) is 19.5 Å². The molecule has 1 aliphatic heterocycles. The number of nitrogens with zero attached hydrogens (tertiary/aromatic N) is 3. The highest BCUT2D eigenvalue weighted by molar-refractivity contribution is 7.91. The van der Waals surface area contributed by atoms with E-state index in [0.29, 0.717) is 67.5 Å². The van der Waals surface area contributed by atoms with Crippen LogP contribution in [0.25, 0.3) is 0 Å². The maximum atomic E-state index is 12.8. The maximum absolute atomic E-state index is 12.8. The van der Waals surface area contributed by atoms with Crippen LogP contribution >= 0.6 is 0 Å². The molecule has 2 N–H and O–H groups in total. The van der Waals surface area contributed by atoms with Gasteiger partial charge in [-0.3, -0.25) is 4.79 Å². The molecular formula is C50H72N4O5S. The summed E-state index contributed by atoms with van der Waals surface area (Å²) in [5.74, 6) is 2.27. The third kappa shape index (κ3) is 6.68. The van der Waals surface area contributed by atoms with Crippen molar-refractivity contribution in [3.63, 3.8) is 0 Å². The number of carboxylic acids is 1. The van der Waals surface area contributed by atoms with E-state index in [1.165, 1.54) is 74.3 Å². The highest BCUT2D eigenvalue weighted by Gasteiger charge is 2.74. The standard InChI is InChI=1S/C50H72N4O5S/c1-34(2)37-13-22-50(53-25-26-54-27-29-60(57,58)30-28-54)24-23-48(8)46(6)18-15-39-44(3,4)38(14-17-45(39,5)40(46)16-19-47(48,7)42(37)50)36-11-20-49(21-12-36,43(55)56)33-59-41-10-9-35(31-51)32-52-41/h9-11,14,32,37,39-40,42,53H,1,12-13,15-30,33H2,2-8H3,(H,55,56)/t37-,39?,40+,42+,45-,46+,47+,48-,49?,50-/m0/s1. The van der Waals surface area contributed by atoms with Crippen LogP contribution in [0.15, 0.2) is 53.8 Å². The van der Waals surface area contributed by atoms with E-state index in [1.807, 2.05) is 0 Å². The molecule has 2 heterocycles. The Morgan fingerprint density at radius 2 is 1.68 bits per heavy atom. The van der Waals surface area contributed by atoms with E-state index < -0.39 is 21.2 Å². The van der Waals surface area contributed by atoms with E-state index in [1.54, 1.807) is 12.1 Å². The highest BCUT2D eigenvalue weighted by atomic mass is 32.2. The summed E-state index contributed by atoms with van der Waals surface area (Å²) in [6.07, 6.45) is 18.7. The average molecular weight is 841 g/mol. The number of allylic oxidation sites excluding steroid dienone is 5. The van der Waals surface area contributed by atoms with E-state index >= 15 is 0 Å². The van der Waals surface area contributed by atoms with E-state index in [-0.39, 0.29) is 50.7 Å². The van der Waals surface area contributed by atoms with Crippen LogP contribution in [-0.2, 0) is 14.6 Å². The number of ether oxygens (including phenoxy) is 1. The van der Waals surface area contributed by atoms with Gasteiger partial charge in [0.15, 0.2) is 9.84 Å². The number of nitriles is 1. The number of aliphatic carboxylic acids is 1. The van der Waals surface area contributed by atoms with Crippen LogP contribution in [-0.4, -0.2) is 79.2 Å². The summed E-state index contributed by atoms with van der Waals surface area (Å²) in [6, 6.07) is 5.34. The molecule has 328 valence electrons. The lowest BCUT2D eigenvalue weighted by Gasteiger charge is -2.76. The van der Waals surface area contributed by atoms with Gasteiger partial charge in [-0.15, -0.1) is 0 Å². The molecule has 10 atom stereocenters. The predicted molar refractivity (Wildman–Crippen MR) is 237 cm³/mol. The Labute approximate surface area is 360 Å². The van der Waals surface area contributed by atoms with Gasteiger partial charge in [0.2, 0.25) is 5.88 Å². The molecule has 10 heteroatoms. The van der Waals surface area contributed by atoms with Crippen molar-refractivity contribution in [3.8, 4) is 11.9 Å². The molecule has 7 aliphatic rings. The Hall–Kier alpha value is -3.00. The summed E-state index contributed by atoms with van der Waals surface area (Å²) in [5.41, 5.74) is 4.31. The minimum atomic E-state index is -2.89. The minimum Gasteiger partial charge on any atom is -0.481 e. The average Bonchev–Trinajstić information content (AvgIpc) is 3.60. The van der Waals surface area contributed by atoms with E-state index in [4.69, 9.17) is 10.00 Å². The zero-order valence-corrected chi connectivity index (χ0v) is 38.5. The van der Waals surface area contributed by atoms with Gasteiger partial charge in [-0.1, -0.05) is 65.8 Å². The smallest absolute Gasteiger partial charge is 0.313 e. The molecule has 60 heavy (non-hydrogen) atoms. The van der Waals surface area contributed by atoms with Crippen molar-refractivity contribution in [2.24, 2.45) is 56.2 Å². The van der Waals surface area contributed by atoms with Crippen molar-refractivity contribution in [2.45, 2.75) is 131 Å². The molecule has 0 aromatic carbocycles. The van der Waals surface area contributed by atoms with Crippen LogP contribution in [0.1, 0.15) is 131 Å². The number of carboxylic acid groups (broad SMARTS) is 1. The van der Waals surface area contributed by atoms with Crippen LogP contribution in [0.5, 0.6) is 5.88 Å². The zero-order valence-electron chi connectivity index (χ0n) is 37.7. The lowest BCUT2D eigenvalue weighted by atomic mass is 9.29. The number of carbonyl (C=O) groups is 1. The normalized spacial score (nSPS) is 41.9. The molecular weight excluding hydrogens is 769 g/mol. The number of sulfone groups is 1.